The first-order valence-corrected chi connectivity index (χ1v) is 7.95. The third-order valence-electron chi connectivity index (χ3n) is 3.61. The molecule has 0 radical (unpaired) electrons. The molecule has 0 saturated heterocycles. The van der Waals surface area contributed by atoms with Crippen LogP contribution in [0.15, 0.2) is 24.3 Å². The van der Waals surface area contributed by atoms with Crippen molar-refractivity contribution >= 4 is 17.5 Å². The van der Waals surface area contributed by atoms with Gasteiger partial charge in [-0.2, -0.15) is 0 Å². The maximum atomic E-state index is 12.1. The molecule has 1 atom stereocenters. The maximum Gasteiger partial charge on any atom is 0.220 e. The summed E-state index contributed by atoms with van der Waals surface area (Å²) in [5.41, 5.74) is 1.18. The Hall–Kier alpha value is -1.06. The van der Waals surface area contributed by atoms with E-state index >= 15 is 0 Å². The van der Waals surface area contributed by atoms with Gasteiger partial charge in [0.1, 0.15) is 0 Å². The van der Waals surface area contributed by atoms with Crippen LogP contribution < -0.4 is 5.32 Å². The van der Waals surface area contributed by atoms with Crippen LogP contribution in [0, 0.1) is 5.92 Å². The highest BCUT2D eigenvalue weighted by Gasteiger charge is 2.19. The van der Waals surface area contributed by atoms with Gasteiger partial charge in [-0.3, -0.25) is 4.79 Å². The van der Waals surface area contributed by atoms with Gasteiger partial charge in [-0.25, -0.2) is 0 Å². The second-order valence-electron chi connectivity index (χ2n) is 6.11. The first-order valence-electron chi connectivity index (χ1n) is 7.57. The largest absolute Gasteiger partial charge is 0.356 e. The molecule has 4 heteroatoms. The molecule has 118 valence electrons. The fraction of sp³-hybridized carbons (Fsp3) is 0.588. The number of amides is 1. The van der Waals surface area contributed by atoms with E-state index in [2.05, 4.69) is 24.1 Å². The summed E-state index contributed by atoms with van der Waals surface area (Å²) in [6.45, 7) is 6.03. The molecule has 1 unspecified atom stereocenters. The highest BCUT2D eigenvalue weighted by Crippen LogP contribution is 2.28. The first-order chi connectivity index (χ1) is 9.90. The lowest BCUT2D eigenvalue weighted by Gasteiger charge is -2.21. The Labute approximate surface area is 133 Å². The van der Waals surface area contributed by atoms with E-state index in [0.717, 1.165) is 24.5 Å². The summed E-state index contributed by atoms with van der Waals surface area (Å²) in [5.74, 6) is 0.775. The summed E-state index contributed by atoms with van der Waals surface area (Å²) in [6.07, 6.45) is 1.51. The van der Waals surface area contributed by atoms with E-state index in [4.69, 9.17) is 11.6 Å². The number of carbonyl (C=O) groups is 1. The Balaban J connectivity index is 2.51. The predicted molar refractivity (Wildman–Crippen MR) is 89.8 cm³/mol. The number of nitrogens with one attached hydrogen (secondary N) is 1. The van der Waals surface area contributed by atoms with Crippen LogP contribution in [0.3, 0.4) is 0 Å². The minimum absolute atomic E-state index is 0.127. The molecule has 0 saturated carbocycles. The monoisotopic (exact) mass is 310 g/mol. The Morgan fingerprint density at radius 3 is 2.38 bits per heavy atom. The Morgan fingerprint density at radius 2 is 1.86 bits per heavy atom. The van der Waals surface area contributed by atoms with Crippen LogP contribution in [0.25, 0.3) is 0 Å². The second kappa shape index (κ2) is 9.06. The lowest BCUT2D eigenvalue weighted by Crippen LogP contribution is -2.29. The lowest BCUT2D eigenvalue weighted by molar-refractivity contribution is -0.121. The third-order valence-corrected chi connectivity index (χ3v) is 3.86. The van der Waals surface area contributed by atoms with E-state index in [1.54, 1.807) is 0 Å². The van der Waals surface area contributed by atoms with Crippen LogP contribution in [0.1, 0.15) is 38.2 Å². The predicted octanol–water partition coefficient (Wildman–Crippen LogP) is 3.54. The van der Waals surface area contributed by atoms with E-state index in [1.165, 1.54) is 5.56 Å². The zero-order valence-corrected chi connectivity index (χ0v) is 14.3. The van der Waals surface area contributed by atoms with Crippen molar-refractivity contribution in [3.63, 3.8) is 0 Å². The number of nitrogens with zero attached hydrogens (tertiary/aromatic N) is 1. The van der Waals surface area contributed by atoms with Gasteiger partial charge in [0.05, 0.1) is 0 Å². The summed E-state index contributed by atoms with van der Waals surface area (Å²) in [6, 6.07) is 7.82. The zero-order chi connectivity index (χ0) is 15.8. The molecule has 0 spiro atoms. The molecule has 1 aromatic carbocycles. The zero-order valence-electron chi connectivity index (χ0n) is 13.5. The Kier molecular flexibility index (Phi) is 7.76. The standard InChI is InChI=1S/C17H27ClN2O/c1-13(2)16(14-6-8-15(18)9-7-14)12-17(21)19-10-5-11-20(3)4/h6-9,13,16H,5,10-12H2,1-4H3,(H,19,21). The molecular formula is C17H27ClN2O. The van der Waals surface area contributed by atoms with Gasteiger partial charge >= 0.3 is 0 Å². The minimum atomic E-state index is 0.127. The molecule has 0 bridgehead atoms. The summed E-state index contributed by atoms with van der Waals surface area (Å²) in [5, 5.41) is 3.74. The van der Waals surface area contributed by atoms with Gasteiger partial charge in [0.25, 0.3) is 0 Å². The summed E-state index contributed by atoms with van der Waals surface area (Å²) >= 11 is 5.93. The molecule has 1 N–H and O–H groups in total. The molecular weight excluding hydrogens is 284 g/mol. The average Bonchev–Trinajstić information content (AvgIpc) is 2.41. The van der Waals surface area contributed by atoms with Crippen LogP contribution >= 0.6 is 11.6 Å². The molecule has 3 nitrogen and oxygen atoms in total. The first kappa shape index (κ1) is 18.0. The van der Waals surface area contributed by atoms with Gasteiger partial charge in [0.2, 0.25) is 5.91 Å². The Bertz CT molecular complexity index is 429. The number of halogens is 1. The second-order valence-corrected chi connectivity index (χ2v) is 6.55. The number of hydrogen-bond acceptors (Lipinski definition) is 2. The van der Waals surface area contributed by atoms with Crippen molar-refractivity contribution in [2.75, 3.05) is 27.2 Å². The summed E-state index contributed by atoms with van der Waals surface area (Å²) < 4.78 is 0. The molecule has 0 heterocycles. The van der Waals surface area contributed by atoms with Crippen molar-refractivity contribution in [2.24, 2.45) is 5.92 Å². The van der Waals surface area contributed by atoms with Crippen LogP contribution in [0.2, 0.25) is 5.02 Å². The van der Waals surface area contributed by atoms with Gasteiger partial charge in [0.15, 0.2) is 0 Å². The minimum Gasteiger partial charge on any atom is -0.356 e. The molecule has 0 aromatic heterocycles. The van der Waals surface area contributed by atoms with E-state index in [0.29, 0.717) is 12.3 Å². The van der Waals surface area contributed by atoms with Crippen molar-refractivity contribution in [1.29, 1.82) is 0 Å². The molecule has 0 aliphatic carbocycles. The molecule has 0 aliphatic rings. The molecule has 1 aromatic rings. The van der Waals surface area contributed by atoms with Crippen LogP contribution in [0.4, 0.5) is 0 Å². The maximum absolute atomic E-state index is 12.1. The van der Waals surface area contributed by atoms with E-state index in [1.807, 2.05) is 38.4 Å². The molecule has 21 heavy (non-hydrogen) atoms. The van der Waals surface area contributed by atoms with E-state index in [-0.39, 0.29) is 11.8 Å². The summed E-state index contributed by atoms with van der Waals surface area (Å²) in [7, 11) is 4.08. The average molecular weight is 311 g/mol. The van der Waals surface area contributed by atoms with Gasteiger partial charge < -0.3 is 10.2 Å². The summed E-state index contributed by atoms with van der Waals surface area (Å²) in [4.78, 5) is 14.2. The third kappa shape index (κ3) is 6.96. The number of hydrogen-bond donors (Lipinski definition) is 1. The van der Waals surface area contributed by atoms with Crippen molar-refractivity contribution in [3.8, 4) is 0 Å². The fourth-order valence-corrected chi connectivity index (χ4v) is 2.47. The number of benzene rings is 1. The van der Waals surface area contributed by atoms with Crippen LogP contribution in [0.5, 0.6) is 0 Å². The Morgan fingerprint density at radius 1 is 1.24 bits per heavy atom. The van der Waals surface area contributed by atoms with Crippen LogP contribution in [-0.4, -0.2) is 38.0 Å². The molecule has 1 amide bonds. The fourth-order valence-electron chi connectivity index (χ4n) is 2.34. The van der Waals surface area contributed by atoms with Gasteiger partial charge in [-0.05, 0) is 56.6 Å². The van der Waals surface area contributed by atoms with Crippen molar-refractivity contribution in [1.82, 2.24) is 10.2 Å². The van der Waals surface area contributed by atoms with Crippen molar-refractivity contribution < 1.29 is 4.79 Å². The quantitative estimate of drug-likeness (QED) is 0.745. The molecule has 0 aliphatic heterocycles. The van der Waals surface area contributed by atoms with Gasteiger partial charge in [-0.15, -0.1) is 0 Å². The molecule has 1 rings (SSSR count). The van der Waals surface area contributed by atoms with E-state index in [9.17, 15) is 4.79 Å². The highest BCUT2D eigenvalue weighted by atomic mass is 35.5. The van der Waals surface area contributed by atoms with Gasteiger partial charge in [-0.1, -0.05) is 37.6 Å². The topological polar surface area (TPSA) is 32.3 Å². The SMILES string of the molecule is CC(C)C(CC(=O)NCCCN(C)C)c1ccc(Cl)cc1. The normalized spacial score (nSPS) is 12.7. The smallest absolute Gasteiger partial charge is 0.220 e. The van der Waals surface area contributed by atoms with E-state index < -0.39 is 0 Å². The molecule has 0 fully saturated rings. The number of rotatable bonds is 8. The van der Waals surface area contributed by atoms with Crippen LogP contribution in [-0.2, 0) is 4.79 Å². The lowest BCUT2D eigenvalue weighted by atomic mass is 9.85. The number of carbonyl (C=O) groups excluding carboxylic acids is 1. The van der Waals surface area contributed by atoms with Crippen molar-refractivity contribution in [3.05, 3.63) is 34.9 Å². The van der Waals surface area contributed by atoms with Crippen molar-refractivity contribution in [2.45, 2.75) is 32.6 Å². The van der Waals surface area contributed by atoms with Gasteiger partial charge in [0, 0.05) is 18.0 Å². The highest BCUT2D eigenvalue weighted by molar-refractivity contribution is 6.30.